The van der Waals surface area contributed by atoms with Gasteiger partial charge in [0.15, 0.2) is 0 Å². The largest absolute Gasteiger partial charge is 0.307 e. The zero-order valence-electron chi connectivity index (χ0n) is 10.3. The average molecular weight is 256 g/mol. The molecule has 0 unspecified atom stereocenters. The van der Waals surface area contributed by atoms with Crippen LogP contribution in [0.3, 0.4) is 0 Å². The van der Waals surface area contributed by atoms with Crippen LogP contribution >= 0.6 is 0 Å². The van der Waals surface area contributed by atoms with E-state index < -0.39 is 11.1 Å². The molecule has 0 amide bonds. The van der Waals surface area contributed by atoms with Crippen LogP contribution < -0.4 is 0 Å². The van der Waals surface area contributed by atoms with E-state index in [9.17, 15) is 14.5 Å². The van der Waals surface area contributed by atoms with E-state index in [1.165, 1.54) is 17.1 Å². The Morgan fingerprint density at radius 2 is 2.44 bits per heavy atom. The summed E-state index contributed by atoms with van der Waals surface area (Å²) in [6.45, 7) is 4.15. The molecule has 1 aromatic rings. The fraction of sp³-hybridized carbons (Fsp3) is 0.727. The van der Waals surface area contributed by atoms with Gasteiger partial charge < -0.3 is 4.90 Å². The van der Waals surface area contributed by atoms with Crippen molar-refractivity contribution in [3.05, 3.63) is 22.5 Å². The molecule has 0 aliphatic carbocycles. The Labute approximate surface area is 105 Å². The molecule has 2 atom stereocenters. The summed E-state index contributed by atoms with van der Waals surface area (Å²) >= 11 is 0. The molecular formula is C11H17FN4O2. The van der Waals surface area contributed by atoms with Gasteiger partial charge in [-0.2, -0.15) is 5.10 Å². The summed E-state index contributed by atoms with van der Waals surface area (Å²) in [5.74, 6) is 0. The molecule has 2 heterocycles. The van der Waals surface area contributed by atoms with Crippen LogP contribution in [-0.2, 0) is 0 Å². The van der Waals surface area contributed by atoms with Gasteiger partial charge >= 0.3 is 5.69 Å². The Kier molecular flexibility index (Phi) is 3.90. The van der Waals surface area contributed by atoms with Crippen LogP contribution in [0.2, 0.25) is 0 Å². The van der Waals surface area contributed by atoms with E-state index in [1.54, 1.807) is 0 Å². The lowest BCUT2D eigenvalue weighted by molar-refractivity contribution is -0.385. The van der Waals surface area contributed by atoms with Crippen LogP contribution in [0.15, 0.2) is 12.4 Å². The first-order valence-electron chi connectivity index (χ1n) is 6.16. The van der Waals surface area contributed by atoms with Gasteiger partial charge in [0, 0.05) is 13.1 Å². The van der Waals surface area contributed by atoms with Crippen molar-refractivity contribution in [3.63, 3.8) is 0 Å². The van der Waals surface area contributed by atoms with Crippen LogP contribution in [0.25, 0.3) is 0 Å². The molecule has 0 radical (unpaired) electrons. The third-order valence-corrected chi connectivity index (χ3v) is 3.27. The van der Waals surface area contributed by atoms with Gasteiger partial charge in [-0.3, -0.25) is 14.8 Å². The number of nitrogens with zero attached hydrogens (tertiary/aromatic N) is 4. The maximum Gasteiger partial charge on any atom is 0.307 e. The highest BCUT2D eigenvalue weighted by Gasteiger charge is 2.31. The maximum absolute atomic E-state index is 14.0. The first kappa shape index (κ1) is 12.9. The molecule has 1 fully saturated rings. The highest BCUT2D eigenvalue weighted by molar-refractivity contribution is 5.21. The number of piperidine rings is 1. The molecule has 0 saturated carbocycles. The zero-order chi connectivity index (χ0) is 13.1. The molecule has 1 saturated heterocycles. The predicted molar refractivity (Wildman–Crippen MR) is 64.2 cm³/mol. The summed E-state index contributed by atoms with van der Waals surface area (Å²) < 4.78 is 15.4. The maximum atomic E-state index is 14.0. The minimum absolute atomic E-state index is 0.0850. The van der Waals surface area contributed by atoms with Crippen molar-refractivity contribution in [1.29, 1.82) is 0 Å². The molecule has 0 N–H and O–H groups in total. The van der Waals surface area contributed by atoms with Crippen molar-refractivity contribution in [3.8, 4) is 0 Å². The van der Waals surface area contributed by atoms with Gasteiger partial charge in [-0.15, -0.1) is 0 Å². The summed E-state index contributed by atoms with van der Waals surface area (Å²) in [6.07, 6.45) is 3.10. The number of halogens is 1. The molecule has 100 valence electrons. The van der Waals surface area contributed by atoms with Crippen molar-refractivity contribution in [2.24, 2.45) is 0 Å². The van der Waals surface area contributed by atoms with E-state index >= 15 is 0 Å². The van der Waals surface area contributed by atoms with Gasteiger partial charge in [-0.25, -0.2) is 4.39 Å². The lowest BCUT2D eigenvalue weighted by atomic mass is 10.0. The van der Waals surface area contributed by atoms with Crippen molar-refractivity contribution in [2.45, 2.75) is 32.0 Å². The SMILES string of the molecule is CCCN1CC[C@@H](n2cc([N+](=O)[O-])cn2)[C@H](F)C1. The summed E-state index contributed by atoms with van der Waals surface area (Å²) in [6, 6.07) is -0.383. The van der Waals surface area contributed by atoms with Gasteiger partial charge in [0.25, 0.3) is 0 Å². The van der Waals surface area contributed by atoms with Crippen LogP contribution in [0, 0.1) is 10.1 Å². The van der Waals surface area contributed by atoms with Crippen molar-refractivity contribution in [2.75, 3.05) is 19.6 Å². The summed E-state index contributed by atoms with van der Waals surface area (Å²) in [5, 5.41) is 14.5. The van der Waals surface area contributed by atoms with Gasteiger partial charge in [0.1, 0.15) is 18.6 Å². The van der Waals surface area contributed by atoms with Crippen LogP contribution in [0.4, 0.5) is 10.1 Å². The minimum Gasteiger partial charge on any atom is -0.300 e. The second-order valence-electron chi connectivity index (χ2n) is 4.61. The Hall–Kier alpha value is -1.50. The normalized spacial score (nSPS) is 25.2. The zero-order valence-corrected chi connectivity index (χ0v) is 10.3. The van der Waals surface area contributed by atoms with E-state index in [0.29, 0.717) is 13.0 Å². The summed E-state index contributed by atoms with van der Waals surface area (Å²) in [7, 11) is 0. The van der Waals surface area contributed by atoms with Crippen molar-refractivity contribution in [1.82, 2.24) is 14.7 Å². The van der Waals surface area contributed by atoms with Crippen molar-refractivity contribution >= 4 is 5.69 Å². The Balaban J connectivity index is 2.03. The number of hydrogen-bond donors (Lipinski definition) is 0. The number of rotatable bonds is 4. The molecule has 0 bridgehead atoms. The predicted octanol–water partition coefficient (Wildman–Crippen LogP) is 1.79. The van der Waals surface area contributed by atoms with Crippen LogP contribution in [0.5, 0.6) is 0 Å². The summed E-state index contributed by atoms with van der Waals surface area (Å²) in [5.41, 5.74) is -0.0850. The first-order valence-corrected chi connectivity index (χ1v) is 6.16. The Bertz CT molecular complexity index is 423. The van der Waals surface area contributed by atoms with E-state index in [1.807, 2.05) is 0 Å². The fourth-order valence-corrected chi connectivity index (χ4v) is 2.38. The molecule has 1 aliphatic heterocycles. The number of likely N-dealkylation sites (tertiary alicyclic amines) is 1. The molecule has 18 heavy (non-hydrogen) atoms. The second-order valence-corrected chi connectivity index (χ2v) is 4.61. The standard InChI is InChI=1S/C11H17FN4O2/c1-2-4-14-5-3-11(10(12)8-14)15-7-9(6-13-15)16(17)18/h6-7,10-11H,2-5,8H2,1H3/t10-,11-/m1/s1. The lowest BCUT2D eigenvalue weighted by Crippen LogP contribution is -2.43. The fourth-order valence-electron chi connectivity index (χ4n) is 2.38. The monoisotopic (exact) mass is 256 g/mol. The third kappa shape index (κ3) is 2.66. The first-order chi connectivity index (χ1) is 8.61. The third-order valence-electron chi connectivity index (χ3n) is 3.27. The molecule has 0 aromatic carbocycles. The van der Waals surface area contributed by atoms with E-state index in [4.69, 9.17) is 0 Å². The number of alkyl halides is 1. The minimum atomic E-state index is -1.02. The Morgan fingerprint density at radius 1 is 1.67 bits per heavy atom. The quantitative estimate of drug-likeness (QED) is 0.608. The highest BCUT2D eigenvalue weighted by Crippen LogP contribution is 2.26. The highest BCUT2D eigenvalue weighted by atomic mass is 19.1. The summed E-state index contributed by atoms with van der Waals surface area (Å²) in [4.78, 5) is 12.1. The van der Waals surface area contributed by atoms with Crippen LogP contribution in [0.1, 0.15) is 25.8 Å². The van der Waals surface area contributed by atoms with Gasteiger partial charge in [-0.1, -0.05) is 6.92 Å². The molecule has 0 spiro atoms. The van der Waals surface area contributed by atoms with E-state index in [2.05, 4.69) is 16.9 Å². The van der Waals surface area contributed by atoms with E-state index in [-0.39, 0.29) is 11.7 Å². The smallest absolute Gasteiger partial charge is 0.300 e. The van der Waals surface area contributed by atoms with Crippen LogP contribution in [-0.4, -0.2) is 45.4 Å². The number of nitro groups is 1. The Morgan fingerprint density at radius 3 is 3.00 bits per heavy atom. The second kappa shape index (κ2) is 5.43. The lowest BCUT2D eigenvalue weighted by Gasteiger charge is -2.34. The van der Waals surface area contributed by atoms with Gasteiger partial charge in [0.05, 0.1) is 11.0 Å². The number of aromatic nitrogens is 2. The molecule has 1 aliphatic rings. The molecule has 6 nitrogen and oxygen atoms in total. The number of hydrogen-bond acceptors (Lipinski definition) is 4. The molecule has 2 rings (SSSR count). The molecule has 7 heteroatoms. The van der Waals surface area contributed by atoms with Gasteiger partial charge in [0.2, 0.25) is 0 Å². The van der Waals surface area contributed by atoms with Crippen molar-refractivity contribution < 1.29 is 9.31 Å². The van der Waals surface area contributed by atoms with Gasteiger partial charge in [-0.05, 0) is 19.4 Å². The molecular weight excluding hydrogens is 239 g/mol. The topological polar surface area (TPSA) is 64.2 Å². The van der Waals surface area contributed by atoms with E-state index in [0.717, 1.165) is 19.5 Å². The average Bonchev–Trinajstić information content (AvgIpc) is 2.79. The molecule has 1 aromatic heterocycles.